The number of ketones is 1. The standard InChI is InChI=1S/C16H23NO/c1-12-5-4-6-15(11-12)7-9-17-10-8-16(18)13(2)14(17)3/h4-6,11,13-14H,7-10H2,1-3H3. The molecule has 0 N–H and O–H groups in total. The van der Waals surface area contributed by atoms with Crippen LogP contribution in [-0.4, -0.2) is 29.8 Å². The molecule has 2 nitrogen and oxygen atoms in total. The molecule has 2 unspecified atom stereocenters. The molecule has 18 heavy (non-hydrogen) atoms. The molecule has 2 rings (SSSR count). The molecule has 0 aromatic heterocycles. The Kier molecular flexibility index (Phi) is 4.18. The molecule has 1 heterocycles. The Labute approximate surface area is 110 Å². The molecule has 2 heteroatoms. The number of likely N-dealkylation sites (tertiary alicyclic amines) is 1. The Morgan fingerprint density at radius 3 is 2.83 bits per heavy atom. The van der Waals surface area contributed by atoms with Crippen molar-refractivity contribution >= 4 is 5.78 Å². The lowest BCUT2D eigenvalue weighted by Crippen LogP contribution is -2.47. The van der Waals surface area contributed by atoms with E-state index in [1.807, 2.05) is 0 Å². The summed E-state index contributed by atoms with van der Waals surface area (Å²) < 4.78 is 0. The lowest BCUT2D eigenvalue weighted by molar-refractivity contribution is -0.127. The largest absolute Gasteiger partial charge is 0.299 e. The van der Waals surface area contributed by atoms with Crippen LogP contribution < -0.4 is 0 Å². The summed E-state index contributed by atoms with van der Waals surface area (Å²) in [5.41, 5.74) is 2.72. The van der Waals surface area contributed by atoms with Gasteiger partial charge in [0.2, 0.25) is 0 Å². The number of carbonyl (C=O) groups is 1. The maximum absolute atomic E-state index is 11.6. The molecule has 1 aliphatic rings. The van der Waals surface area contributed by atoms with Crippen LogP contribution in [0.1, 0.15) is 31.4 Å². The van der Waals surface area contributed by atoms with Gasteiger partial charge >= 0.3 is 0 Å². The minimum atomic E-state index is 0.191. The average molecular weight is 245 g/mol. The SMILES string of the molecule is Cc1cccc(CCN2CCC(=O)C(C)C2C)c1. The third-order valence-corrected chi connectivity index (χ3v) is 4.22. The molecule has 1 fully saturated rings. The third-order valence-electron chi connectivity index (χ3n) is 4.22. The quantitative estimate of drug-likeness (QED) is 0.816. The highest BCUT2D eigenvalue weighted by molar-refractivity contribution is 5.82. The predicted molar refractivity (Wildman–Crippen MR) is 74.7 cm³/mol. The molecule has 1 aromatic rings. The highest BCUT2D eigenvalue weighted by atomic mass is 16.1. The summed E-state index contributed by atoms with van der Waals surface area (Å²) in [4.78, 5) is 14.1. The maximum Gasteiger partial charge on any atom is 0.138 e. The highest BCUT2D eigenvalue weighted by Crippen LogP contribution is 2.20. The molecule has 1 saturated heterocycles. The van der Waals surface area contributed by atoms with Crippen LogP contribution in [0.2, 0.25) is 0 Å². The van der Waals surface area contributed by atoms with Crippen LogP contribution in [0.4, 0.5) is 0 Å². The maximum atomic E-state index is 11.6. The van der Waals surface area contributed by atoms with Crippen LogP contribution in [0.3, 0.4) is 0 Å². The lowest BCUT2D eigenvalue weighted by Gasteiger charge is -2.37. The summed E-state index contributed by atoms with van der Waals surface area (Å²) in [7, 11) is 0. The highest BCUT2D eigenvalue weighted by Gasteiger charge is 2.30. The number of hydrogen-bond donors (Lipinski definition) is 0. The van der Waals surface area contributed by atoms with Crippen molar-refractivity contribution in [1.29, 1.82) is 0 Å². The minimum Gasteiger partial charge on any atom is -0.299 e. The number of nitrogens with zero attached hydrogens (tertiary/aromatic N) is 1. The van der Waals surface area contributed by atoms with Crippen molar-refractivity contribution in [2.45, 2.75) is 39.7 Å². The number of benzene rings is 1. The normalized spacial score (nSPS) is 25.4. The second kappa shape index (κ2) is 5.66. The summed E-state index contributed by atoms with van der Waals surface area (Å²) in [6.07, 6.45) is 1.80. The van der Waals surface area contributed by atoms with E-state index in [1.165, 1.54) is 11.1 Å². The molecular formula is C16H23NO. The van der Waals surface area contributed by atoms with Gasteiger partial charge in [-0.15, -0.1) is 0 Å². The Balaban J connectivity index is 1.92. The van der Waals surface area contributed by atoms with Crippen molar-refractivity contribution in [2.75, 3.05) is 13.1 Å². The number of aryl methyl sites for hydroxylation is 1. The molecule has 0 amide bonds. The summed E-state index contributed by atoms with van der Waals surface area (Å²) in [5.74, 6) is 0.616. The van der Waals surface area contributed by atoms with E-state index >= 15 is 0 Å². The van der Waals surface area contributed by atoms with Crippen molar-refractivity contribution in [3.05, 3.63) is 35.4 Å². The summed E-state index contributed by atoms with van der Waals surface area (Å²) in [6, 6.07) is 9.08. The van der Waals surface area contributed by atoms with Crippen LogP contribution in [0.15, 0.2) is 24.3 Å². The molecule has 1 aromatic carbocycles. The van der Waals surface area contributed by atoms with E-state index in [4.69, 9.17) is 0 Å². The fourth-order valence-electron chi connectivity index (χ4n) is 2.73. The number of piperidine rings is 1. The average Bonchev–Trinajstić information content (AvgIpc) is 2.35. The van der Waals surface area contributed by atoms with Gasteiger partial charge in [-0.3, -0.25) is 9.69 Å². The zero-order chi connectivity index (χ0) is 13.1. The Hall–Kier alpha value is -1.15. The topological polar surface area (TPSA) is 20.3 Å². The second-order valence-electron chi connectivity index (χ2n) is 5.52. The van der Waals surface area contributed by atoms with E-state index in [9.17, 15) is 4.79 Å². The number of rotatable bonds is 3. The fraction of sp³-hybridized carbons (Fsp3) is 0.562. The van der Waals surface area contributed by atoms with Crippen LogP contribution in [0.5, 0.6) is 0 Å². The van der Waals surface area contributed by atoms with Gasteiger partial charge < -0.3 is 0 Å². The predicted octanol–water partition coefficient (Wildman–Crippen LogP) is 2.84. The minimum absolute atomic E-state index is 0.191. The van der Waals surface area contributed by atoms with Crippen LogP contribution in [0.25, 0.3) is 0 Å². The van der Waals surface area contributed by atoms with Crippen LogP contribution in [0, 0.1) is 12.8 Å². The van der Waals surface area contributed by atoms with Gasteiger partial charge in [0, 0.05) is 31.5 Å². The first-order chi connectivity index (χ1) is 8.58. The first-order valence-corrected chi connectivity index (χ1v) is 6.90. The van der Waals surface area contributed by atoms with Crippen molar-refractivity contribution in [2.24, 2.45) is 5.92 Å². The first-order valence-electron chi connectivity index (χ1n) is 6.90. The van der Waals surface area contributed by atoms with E-state index in [0.717, 1.165) is 25.9 Å². The van der Waals surface area contributed by atoms with Gasteiger partial charge in [0.15, 0.2) is 0 Å². The third kappa shape index (κ3) is 2.99. The molecule has 0 radical (unpaired) electrons. The monoisotopic (exact) mass is 245 g/mol. The number of hydrogen-bond acceptors (Lipinski definition) is 2. The summed E-state index contributed by atoms with van der Waals surface area (Å²) in [5, 5.41) is 0. The number of carbonyl (C=O) groups excluding carboxylic acids is 1. The molecule has 98 valence electrons. The Morgan fingerprint density at radius 1 is 1.33 bits per heavy atom. The second-order valence-corrected chi connectivity index (χ2v) is 5.52. The molecule has 0 spiro atoms. The lowest BCUT2D eigenvalue weighted by atomic mass is 9.90. The van der Waals surface area contributed by atoms with Gasteiger partial charge in [-0.05, 0) is 25.8 Å². The molecule has 2 atom stereocenters. The fourth-order valence-corrected chi connectivity index (χ4v) is 2.73. The van der Waals surface area contributed by atoms with E-state index in [1.54, 1.807) is 0 Å². The van der Waals surface area contributed by atoms with Crippen LogP contribution >= 0.6 is 0 Å². The Morgan fingerprint density at radius 2 is 2.11 bits per heavy atom. The van der Waals surface area contributed by atoms with Gasteiger partial charge in [-0.2, -0.15) is 0 Å². The molecular weight excluding hydrogens is 222 g/mol. The van der Waals surface area contributed by atoms with Gasteiger partial charge in [0.25, 0.3) is 0 Å². The molecule has 1 aliphatic heterocycles. The van der Waals surface area contributed by atoms with Crippen LogP contribution in [-0.2, 0) is 11.2 Å². The zero-order valence-electron chi connectivity index (χ0n) is 11.6. The van der Waals surface area contributed by atoms with Gasteiger partial charge in [-0.25, -0.2) is 0 Å². The van der Waals surface area contributed by atoms with Gasteiger partial charge in [0.05, 0.1) is 0 Å². The first kappa shape index (κ1) is 13.3. The molecule has 0 aliphatic carbocycles. The van der Waals surface area contributed by atoms with E-state index in [0.29, 0.717) is 11.8 Å². The van der Waals surface area contributed by atoms with E-state index in [2.05, 4.69) is 49.9 Å². The van der Waals surface area contributed by atoms with Gasteiger partial charge in [-0.1, -0.05) is 36.8 Å². The summed E-state index contributed by atoms with van der Waals surface area (Å²) >= 11 is 0. The molecule has 0 bridgehead atoms. The number of Topliss-reactive ketones (excluding diaryl/α,β-unsaturated/α-hetero) is 1. The van der Waals surface area contributed by atoms with Crippen molar-refractivity contribution in [1.82, 2.24) is 4.90 Å². The summed E-state index contributed by atoms with van der Waals surface area (Å²) in [6.45, 7) is 8.36. The smallest absolute Gasteiger partial charge is 0.138 e. The van der Waals surface area contributed by atoms with E-state index in [-0.39, 0.29) is 5.92 Å². The zero-order valence-corrected chi connectivity index (χ0v) is 11.6. The van der Waals surface area contributed by atoms with Crippen molar-refractivity contribution < 1.29 is 4.79 Å². The van der Waals surface area contributed by atoms with Crippen molar-refractivity contribution in [3.8, 4) is 0 Å². The van der Waals surface area contributed by atoms with Crippen molar-refractivity contribution in [3.63, 3.8) is 0 Å². The molecule has 0 saturated carbocycles. The Bertz CT molecular complexity index is 427. The van der Waals surface area contributed by atoms with Gasteiger partial charge in [0.1, 0.15) is 5.78 Å². The van der Waals surface area contributed by atoms with E-state index < -0.39 is 0 Å².